The molecule has 0 bridgehead atoms. The van der Waals surface area contributed by atoms with E-state index in [2.05, 4.69) is 32.4 Å². The number of hydrogen-bond acceptors (Lipinski definition) is 5. The molecule has 10 heteroatoms. The molecule has 1 aromatic carbocycles. The van der Waals surface area contributed by atoms with Crippen molar-refractivity contribution >= 4 is 35.0 Å². The van der Waals surface area contributed by atoms with Gasteiger partial charge in [-0.05, 0) is 37.0 Å². The number of carbonyl (C=O) groups is 2. The van der Waals surface area contributed by atoms with Gasteiger partial charge in [0.05, 0.1) is 46.4 Å². The van der Waals surface area contributed by atoms with Crippen LogP contribution in [0.3, 0.4) is 0 Å². The Labute approximate surface area is 218 Å². The van der Waals surface area contributed by atoms with Crippen LogP contribution in [0.1, 0.15) is 34.5 Å². The second kappa shape index (κ2) is 9.05. The van der Waals surface area contributed by atoms with Crippen LogP contribution in [0, 0.1) is 17.8 Å². The normalized spacial score (nSPS) is 21.3. The molecular formula is C27H24ClN5O4. The quantitative estimate of drug-likeness (QED) is 0.384. The smallest absolute Gasteiger partial charge is 0.408 e. The van der Waals surface area contributed by atoms with Crippen LogP contribution in [0.25, 0.3) is 11.3 Å². The molecule has 9 nitrogen and oxygen atoms in total. The van der Waals surface area contributed by atoms with Gasteiger partial charge in [-0.2, -0.15) is 0 Å². The summed E-state index contributed by atoms with van der Waals surface area (Å²) in [4.78, 5) is 33.9. The van der Waals surface area contributed by atoms with Gasteiger partial charge in [0.1, 0.15) is 0 Å². The van der Waals surface area contributed by atoms with Crippen LogP contribution < -0.4 is 15.4 Å². The van der Waals surface area contributed by atoms with E-state index in [0.29, 0.717) is 57.9 Å². The third kappa shape index (κ3) is 4.03. The first-order valence-electron chi connectivity index (χ1n) is 12.1. The van der Waals surface area contributed by atoms with E-state index in [9.17, 15) is 14.7 Å². The molecule has 2 aromatic heterocycles. The summed E-state index contributed by atoms with van der Waals surface area (Å²) in [5.41, 5.74) is 4.58. The lowest BCUT2D eigenvalue weighted by atomic mass is 10.0. The minimum Gasteiger partial charge on any atom is -0.493 e. The number of ether oxygens (including phenoxy) is 1. The van der Waals surface area contributed by atoms with Gasteiger partial charge in [0.25, 0.3) is 5.91 Å². The number of piperidine rings is 1. The van der Waals surface area contributed by atoms with Gasteiger partial charge in [-0.1, -0.05) is 29.5 Å². The number of para-hydroxylation sites is 1. The van der Waals surface area contributed by atoms with Crippen molar-refractivity contribution in [1.82, 2.24) is 20.2 Å². The van der Waals surface area contributed by atoms with Crippen molar-refractivity contribution in [2.45, 2.75) is 31.3 Å². The molecule has 2 fully saturated rings. The lowest BCUT2D eigenvalue weighted by molar-refractivity contribution is 0.0946. The fourth-order valence-electron chi connectivity index (χ4n) is 5.39. The van der Waals surface area contributed by atoms with E-state index in [1.807, 2.05) is 12.1 Å². The number of carbonyl (C=O) groups excluding carboxylic acids is 1. The molecule has 0 unspecified atom stereocenters. The molecule has 188 valence electrons. The molecule has 4 N–H and O–H groups in total. The van der Waals surface area contributed by atoms with Gasteiger partial charge in [0.15, 0.2) is 5.75 Å². The molecule has 37 heavy (non-hydrogen) atoms. The monoisotopic (exact) mass is 517 g/mol. The second-order valence-electron chi connectivity index (χ2n) is 9.38. The summed E-state index contributed by atoms with van der Waals surface area (Å²) >= 11 is 6.35. The van der Waals surface area contributed by atoms with Crippen molar-refractivity contribution < 1.29 is 19.4 Å². The van der Waals surface area contributed by atoms with E-state index in [-0.39, 0.29) is 18.0 Å². The Balaban J connectivity index is 1.44. The van der Waals surface area contributed by atoms with Gasteiger partial charge in [0.2, 0.25) is 0 Å². The number of amides is 2. The highest BCUT2D eigenvalue weighted by atomic mass is 35.5. The molecule has 3 aromatic rings. The van der Waals surface area contributed by atoms with Gasteiger partial charge >= 0.3 is 6.09 Å². The molecule has 3 aliphatic rings. The Kier molecular flexibility index (Phi) is 5.69. The summed E-state index contributed by atoms with van der Waals surface area (Å²) in [6.45, 7) is 0.532. The number of nitrogens with one attached hydrogen (secondary N) is 3. The summed E-state index contributed by atoms with van der Waals surface area (Å²) in [5.74, 6) is 7.03. The van der Waals surface area contributed by atoms with Gasteiger partial charge in [0, 0.05) is 42.7 Å². The Bertz CT molecular complexity index is 1490. The highest BCUT2D eigenvalue weighted by Crippen LogP contribution is 2.47. The molecule has 2 amide bonds. The number of fused-ring (bicyclic) bond motifs is 2. The number of anilines is 2. The lowest BCUT2D eigenvalue weighted by Gasteiger charge is -2.19. The number of likely N-dealkylation sites (tertiary alicyclic amines) is 1. The molecule has 1 saturated heterocycles. The lowest BCUT2D eigenvalue weighted by Crippen LogP contribution is -2.36. The highest BCUT2D eigenvalue weighted by molar-refractivity contribution is 6.32. The van der Waals surface area contributed by atoms with E-state index >= 15 is 0 Å². The van der Waals surface area contributed by atoms with E-state index in [0.717, 1.165) is 24.1 Å². The average Bonchev–Trinajstić information content (AvgIpc) is 3.38. The van der Waals surface area contributed by atoms with Crippen molar-refractivity contribution in [1.29, 1.82) is 0 Å². The third-order valence-corrected chi connectivity index (χ3v) is 7.48. The highest BCUT2D eigenvalue weighted by Gasteiger charge is 2.53. The molecule has 2 aliphatic heterocycles. The van der Waals surface area contributed by atoms with Crippen molar-refractivity contribution in [2.75, 3.05) is 19.0 Å². The predicted octanol–water partition coefficient (Wildman–Crippen LogP) is 4.26. The van der Waals surface area contributed by atoms with Crippen molar-refractivity contribution in [3.8, 4) is 28.8 Å². The van der Waals surface area contributed by atoms with Crippen LogP contribution in [0.2, 0.25) is 5.02 Å². The third-order valence-electron chi connectivity index (χ3n) is 7.19. The molecule has 0 radical (unpaired) electrons. The number of aromatic nitrogens is 2. The maximum atomic E-state index is 13.0. The van der Waals surface area contributed by atoms with Gasteiger partial charge in [-0.25, -0.2) is 4.79 Å². The standard InChI is InChI=1S/C27H24ClN5O4/c1-37-25-18(28)3-2-4-20(25)32-24-22-19(8-10-30-26(22)34)31-23(24)17-7-9-29-13-14(17)5-6-16-11-15-12-21(15)33(16)27(35)36/h2-4,7,9,13,15-16,21,31-32H,8,10-12H2,1H3,(H,30,34)(H,35,36)/t15-,16+,21+/m0/s1. The number of methoxy groups -OCH3 is 1. The Morgan fingerprint density at radius 2 is 2.19 bits per heavy atom. The number of carboxylic acid groups (broad SMARTS) is 1. The molecule has 1 saturated carbocycles. The number of hydrogen-bond donors (Lipinski definition) is 4. The average molecular weight is 518 g/mol. The fraction of sp³-hybridized carbons (Fsp3) is 0.296. The fourth-order valence-corrected chi connectivity index (χ4v) is 5.64. The largest absolute Gasteiger partial charge is 0.493 e. The SMILES string of the molecule is COc1c(Cl)cccc1Nc1c(-c2ccncc2C#C[C@@H]2C[C@H]3C[C@H]3N2C(=O)O)[nH]c2c1C(=O)NCC2. The van der Waals surface area contributed by atoms with Crippen molar-refractivity contribution in [3.63, 3.8) is 0 Å². The van der Waals surface area contributed by atoms with Gasteiger partial charge in [-0.3, -0.25) is 14.7 Å². The summed E-state index contributed by atoms with van der Waals surface area (Å²) in [5, 5.41) is 16.4. The van der Waals surface area contributed by atoms with Crippen LogP contribution >= 0.6 is 11.6 Å². The van der Waals surface area contributed by atoms with E-state index in [1.165, 1.54) is 12.0 Å². The Hall–Kier alpha value is -4.16. The Morgan fingerprint density at radius 3 is 3.00 bits per heavy atom. The van der Waals surface area contributed by atoms with Crippen LogP contribution in [0.4, 0.5) is 16.2 Å². The van der Waals surface area contributed by atoms with Gasteiger partial charge in [-0.15, -0.1) is 0 Å². The zero-order valence-electron chi connectivity index (χ0n) is 20.0. The zero-order valence-corrected chi connectivity index (χ0v) is 20.7. The summed E-state index contributed by atoms with van der Waals surface area (Å²) in [7, 11) is 1.54. The first kappa shape index (κ1) is 23.3. The van der Waals surface area contributed by atoms with Gasteiger partial charge < -0.3 is 25.5 Å². The first-order valence-corrected chi connectivity index (χ1v) is 12.4. The molecule has 0 spiro atoms. The number of aromatic amines is 1. The van der Waals surface area contributed by atoms with Crippen molar-refractivity contribution in [2.24, 2.45) is 5.92 Å². The number of pyridine rings is 1. The number of benzene rings is 1. The van der Waals surface area contributed by atoms with Crippen LogP contribution in [-0.4, -0.2) is 57.7 Å². The van der Waals surface area contributed by atoms with Crippen LogP contribution in [0.5, 0.6) is 5.75 Å². The van der Waals surface area contributed by atoms with Crippen molar-refractivity contribution in [3.05, 3.63) is 58.5 Å². The topological polar surface area (TPSA) is 120 Å². The number of halogens is 1. The van der Waals surface area contributed by atoms with E-state index in [1.54, 1.807) is 24.5 Å². The second-order valence-corrected chi connectivity index (χ2v) is 9.78. The number of nitrogens with zero attached hydrogens (tertiary/aromatic N) is 2. The molecule has 3 atom stereocenters. The summed E-state index contributed by atoms with van der Waals surface area (Å²) < 4.78 is 5.51. The minimum atomic E-state index is -0.930. The summed E-state index contributed by atoms with van der Waals surface area (Å²) in [6, 6.07) is 6.94. The molecule has 6 rings (SSSR count). The minimum absolute atomic E-state index is 0.0855. The van der Waals surface area contributed by atoms with Crippen LogP contribution in [-0.2, 0) is 6.42 Å². The maximum Gasteiger partial charge on any atom is 0.408 e. The van der Waals surface area contributed by atoms with E-state index in [4.69, 9.17) is 16.3 Å². The number of H-pyrrole nitrogens is 1. The van der Waals surface area contributed by atoms with Crippen LogP contribution in [0.15, 0.2) is 36.7 Å². The first-order chi connectivity index (χ1) is 18.0. The maximum absolute atomic E-state index is 13.0. The molecule has 1 aliphatic carbocycles. The molecular weight excluding hydrogens is 494 g/mol. The van der Waals surface area contributed by atoms with E-state index < -0.39 is 6.09 Å². The predicted molar refractivity (Wildman–Crippen MR) is 138 cm³/mol. The zero-order chi connectivity index (χ0) is 25.7. The summed E-state index contributed by atoms with van der Waals surface area (Å²) in [6.07, 6.45) is 4.71. The molecule has 4 heterocycles. The Morgan fingerprint density at radius 1 is 1.32 bits per heavy atom. The number of rotatable bonds is 4.